The number of piperidine rings is 1. The Balaban J connectivity index is 1.90. The van der Waals surface area contributed by atoms with Gasteiger partial charge in [-0.05, 0) is 50.5 Å². The summed E-state index contributed by atoms with van der Waals surface area (Å²) >= 11 is 0. The van der Waals surface area contributed by atoms with Crippen molar-refractivity contribution in [3.63, 3.8) is 0 Å². The highest BCUT2D eigenvalue weighted by Crippen LogP contribution is 2.36. The van der Waals surface area contributed by atoms with Crippen LogP contribution in [0.3, 0.4) is 0 Å². The standard InChI is InChI=1S/C12H24N2O2S/c1-17(15,16)10-4-2-9(3-5-10)11-6-7-14-8-12(11)13/h9-12,14H,2-8,13H2,1H3. The van der Waals surface area contributed by atoms with Crippen molar-refractivity contribution >= 4 is 9.84 Å². The molecule has 0 aromatic rings. The van der Waals surface area contributed by atoms with Gasteiger partial charge in [0.1, 0.15) is 9.84 Å². The fourth-order valence-electron chi connectivity index (χ4n) is 3.43. The Morgan fingerprint density at radius 2 is 1.76 bits per heavy atom. The molecule has 0 amide bonds. The van der Waals surface area contributed by atoms with Crippen LogP contribution in [0.2, 0.25) is 0 Å². The Labute approximate surface area is 104 Å². The minimum Gasteiger partial charge on any atom is -0.326 e. The van der Waals surface area contributed by atoms with Crippen molar-refractivity contribution < 1.29 is 8.42 Å². The minimum atomic E-state index is -2.84. The van der Waals surface area contributed by atoms with E-state index in [2.05, 4.69) is 5.32 Å². The van der Waals surface area contributed by atoms with Crippen LogP contribution in [0.1, 0.15) is 32.1 Å². The molecule has 0 aromatic heterocycles. The molecule has 1 heterocycles. The first kappa shape index (κ1) is 13.3. The molecule has 4 nitrogen and oxygen atoms in total. The summed E-state index contributed by atoms with van der Waals surface area (Å²) in [5.41, 5.74) is 6.15. The van der Waals surface area contributed by atoms with Gasteiger partial charge in [0.25, 0.3) is 0 Å². The quantitative estimate of drug-likeness (QED) is 0.759. The average molecular weight is 260 g/mol. The smallest absolute Gasteiger partial charge is 0.150 e. The number of hydrogen-bond donors (Lipinski definition) is 2. The van der Waals surface area contributed by atoms with E-state index in [1.165, 1.54) is 6.26 Å². The molecule has 2 fully saturated rings. The maximum atomic E-state index is 11.5. The highest BCUT2D eigenvalue weighted by Gasteiger charge is 2.34. The van der Waals surface area contributed by atoms with E-state index in [9.17, 15) is 8.42 Å². The van der Waals surface area contributed by atoms with Gasteiger partial charge < -0.3 is 11.1 Å². The Hall–Kier alpha value is -0.130. The molecule has 100 valence electrons. The Morgan fingerprint density at radius 1 is 1.12 bits per heavy atom. The third-order valence-electron chi connectivity index (χ3n) is 4.51. The molecule has 1 saturated carbocycles. The number of hydrogen-bond acceptors (Lipinski definition) is 4. The van der Waals surface area contributed by atoms with Crippen LogP contribution < -0.4 is 11.1 Å². The summed E-state index contributed by atoms with van der Waals surface area (Å²) < 4.78 is 23.0. The molecule has 0 radical (unpaired) electrons. The maximum absolute atomic E-state index is 11.5. The zero-order chi connectivity index (χ0) is 12.5. The van der Waals surface area contributed by atoms with Gasteiger partial charge in [0.15, 0.2) is 0 Å². The molecule has 2 rings (SSSR count). The molecule has 5 heteroatoms. The second kappa shape index (κ2) is 5.24. The first-order chi connectivity index (χ1) is 7.98. The second-order valence-electron chi connectivity index (χ2n) is 5.69. The van der Waals surface area contributed by atoms with Crippen LogP contribution in [0, 0.1) is 11.8 Å². The summed E-state index contributed by atoms with van der Waals surface area (Å²) in [4.78, 5) is 0. The number of rotatable bonds is 2. The van der Waals surface area contributed by atoms with Crippen LogP contribution in [0.4, 0.5) is 0 Å². The second-order valence-corrected chi connectivity index (χ2v) is 8.01. The molecule has 0 aromatic carbocycles. The van der Waals surface area contributed by atoms with E-state index in [4.69, 9.17) is 5.73 Å². The van der Waals surface area contributed by atoms with E-state index < -0.39 is 9.84 Å². The molecular formula is C12H24N2O2S. The Morgan fingerprint density at radius 3 is 2.29 bits per heavy atom. The average Bonchev–Trinajstić information content (AvgIpc) is 2.29. The predicted molar refractivity (Wildman–Crippen MR) is 69.5 cm³/mol. The number of nitrogens with one attached hydrogen (secondary N) is 1. The molecular weight excluding hydrogens is 236 g/mol. The first-order valence-corrected chi connectivity index (χ1v) is 8.59. The highest BCUT2D eigenvalue weighted by atomic mass is 32.2. The number of nitrogens with two attached hydrogens (primary N) is 1. The van der Waals surface area contributed by atoms with Crippen LogP contribution in [0.15, 0.2) is 0 Å². The summed E-state index contributed by atoms with van der Waals surface area (Å²) in [7, 11) is -2.84. The van der Waals surface area contributed by atoms with E-state index in [-0.39, 0.29) is 11.3 Å². The van der Waals surface area contributed by atoms with Gasteiger partial charge in [0, 0.05) is 18.8 Å². The first-order valence-electron chi connectivity index (χ1n) is 6.63. The molecule has 2 aliphatic rings. The Bertz CT molecular complexity index is 348. The summed E-state index contributed by atoms with van der Waals surface area (Å²) in [6.45, 7) is 1.97. The van der Waals surface area contributed by atoms with Gasteiger partial charge in [-0.3, -0.25) is 0 Å². The predicted octanol–water partition coefficient (Wildman–Crippen LogP) is 0.527. The summed E-state index contributed by atoms with van der Waals surface area (Å²) in [6, 6.07) is 0.253. The van der Waals surface area contributed by atoms with Crippen molar-refractivity contribution in [2.75, 3.05) is 19.3 Å². The zero-order valence-electron chi connectivity index (χ0n) is 10.6. The molecule has 2 atom stereocenters. The molecule has 0 spiro atoms. The highest BCUT2D eigenvalue weighted by molar-refractivity contribution is 7.91. The van der Waals surface area contributed by atoms with Crippen molar-refractivity contribution in [3.05, 3.63) is 0 Å². The largest absolute Gasteiger partial charge is 0.326 e. The lowest BCUT2D eigenvalue weighted by atomic mass is 9.74. The lowest BCUT2D eigenvalue weighted by Gasteiger charge is -2.39. The van der Waals surface area contributed by atoms with E-state index in [0.29, 0.717) is 11.8 Å². The van der Waals surface area contributed by atoms with Gasteiger partial charge in [-0.2, -0.15) is 0 Å². The van der Waals surface area contributed by atoms with Gasteiger partial charge in [0.2, 0.25) is 0 Å². The normalized spacial score (nSPS) is 40.1. The van der Waals surface area contributed by atoms with Crippen LogP contribution >= 0.6 is 0 Å². The third-order valence-corrected chi connectivity index (χ3v) is 6.20. The van der Waals surface area contributed by atoms with Gasteiger partial charge in [-0.15, -0.1) is 0 Å². The van der Waals surface area contributed by atoms with Crippen molar-refractivity contribution in [1.82, 2.24) is 5.32 Å². The molecule has 1 aliphatic heterocycles. The van der Waals surface area contributed by atoms with E-state index in [0.717, 1.165) is 45.2 Å². The third kappa shape index (κ3) is 3.20. The van der Waals surface area contributed by atoms with Crippen molar-refractivity contribution in [3.8, 4) is 0 Å². The van der Waals surface area contributed by atoms with E-state index in [1.807, 2.05) is 0 Å². The van der Waals surface area contributed by atoms with Crippen molar-refractivity contribution in [1.29, 1.82) is 0 Å². The maximum Gasteiger partial charge on any atom is 0.150 e. The lowest BCUT2D eigenvalue weighted by molar-refractivity contribution is 0.181. The number of sulfone groups is 1. The summed E-state index contributed by atoms with van der Waals surface area (Å²) in [5.74, 6) is 1.24. The summed E-state index contributed by atoms with van der Waals surface area (Å²) in [5, 5.41) is 3.22. The lowest BCUT2D eigenvalue weighted by Crippen LogP contribution is -2.49. The van der Waals surface area contributed by atoms with Gasteiger partial charge >= 0.3 is 0 Å². The van der Waals surface area contributed by atoms with E-state index >= 15 is 0 Å². The summed E-state index contributed by atoms with van der Waals surface area (Å²) in [6.07, 6.45) is 6.26. The SMILES string of the molecule is CS(=O)(=O)C1CCC(C2CCNCC2N)CC1. The van der Waals surface area contributed by atoms with Crippen LogP contribution in [-0.2, 0) is 9.84 Å². The van der Waals surface area contributed by atoms with Crippen LogP contribution in [0.5, 0.6) is 0 Å². The van der Waals surface area contributed by atoms with E-state index in [1.54, 1.807) is 0 Å². The monoisotopic (exact) mass is 260 g/mol. The molecule has 3 N–H and O–H groups in total. The van der Waals surface area contributed by atoms with Gasteiger partial charge in [-0.1, -0.05) is 0 Å². The van der Waals surface area contributed by atoms with Crippen LogP contribution in [-0.4, -0.2) is 39.1 Å². The van der Waals surface area contributed by atoms with Crippen molar-refractivity contribution in [2.24, 2.45) is 17.6 Å². The fourth-order valence-corrected chi connectivity index (χ4v) is 4.56. The Kier molecular flexibility index (Phi) is 4.10. The molecule has 1 aliphatic carbocycles. The molecule has 17 heavy (non-hydrogen) atoms. The van der Waals surface area contributed by atoms with Gasteiger partial charge in [-0.25, -0.2) is 8.42 Å². The molecule has 2 unspecified atom stereocenters. The molecule has 1 saturated heterocycles. The van der Waals surface area contributed by atoms with Gasteiger partial charge in [0.05, 0.1) is 5.25 Å². The van der Waals surface area contributed by atoms with Crippen molar-refractivity contribution in [2.45, 2.75) is 43.4 Å². The topological polar surface area (TPSA) is 72.2 Å². The van der Waals surface area contributed by atoms with Crippen LogP contribution in [0.25, 0.3) is 0 Å². The zero-order valence-corrected chi connectivity index (χ0v) is 11.4. The minimum absolute atomic E-state index is 0.100. The fraction of sp³-hybridized carbons (Fsp3) is 1.00. The molecule has 0 bridgehead atoms.